The third kappa shape index (κ3) is 6.06. The third-order valence-corrected chi connectivity index (χ3v) is 5.85. The highest BCUT2D eigenvalue weighted by Crippen LogP contribution is 2.22. The molecule has 27 heavy (non-hydrogen) atoms. The molecular formula is C22H33N3O2. The van der Waals surface area contributed by atoms with Crippen LogP contribution in [-0.4, -0.2) is 60.9 Å². The maximum Gasteiger partial charge on any atom is 0.253 e. The molecule has 0 radical (unpaired) electrons. The molecule has 148 valence electrons. The van der Waals surface area contributed by atoms with Crippen LogP contribution in [-0.2, 0) is 4.79 Å². The van der Waals surface area contributed by atoms with Crippen molar-refractivity contribution in [1.29, 1.82) is 0 Å². The van der Waals surface area contributed by atoms with E-state index in [2.05, 4.69) is 10.2 Å². The molecule has 0 unspecified atom stereocenters. The minimum absolute atomic E-state index is 0.111. The molecule has 2 aliphatic rings. The lowest BCUT2D eigenvalue weighted by molar-refractivity contribution is -0.122. The Morgan fingerprint density at radius 1 is 1.04 bits per heavy atom. The largest absolute Gasteiger partial charge is 0.356 e. The summed E-state index contributed by atoms with van der Waals surface area (Å²) in [4.78, 5) is 29.1. The van der Waals surface area contributed by atoms with Gasteiger partial charge in [-0.3, -0.25) is 9.59 Å². The van der Waals surface area contributed by atoms with Crippen LogP contribution in [0.15, 0.2) is 24.3 Å². The Bertz CT molecular complexity index is 615. The summed E-state index contributed by atoms with van der Waals surface area (Å²) in [7, 11) is 0. The lowest BCUT2D eigenvalue weighted by Crippen LogP contribution is -2.39. The molecule has 1 aromatic rings. The van der Waals surface area contributed by atoms with Crippen molar-refractivity contribution in [2.75, 3.05) is 39.3 Å². The molecule has 5 nitrogen and oxygen atoms in total. The van der Waals surface area contributed by atoms with Crippen molar-refractivity contribution in [2.24, 2.45) is 5.92 Å². The van der Waals surface area contributed by atoms with E-state index < -0.39 is 0 Å². The second-order valence-corrected chi connectivity index (χ2v) is 8.06. The van der Waals surface area contributed by atoms with Crippen molar-refractivity contribution in [3.8, 4) is 0 Å². The van der Waals surface area contributed by atoms with E-state index in [9.17, 15) is 9.59 Å². The van der Waals surface area contributed by atoms with Crippen molar-refractivity contribution in [3.05, 3.63) is 35.4 Å². The van der Waals surface area contributed by atoms with Crippen LogP contribution in [0.5, 0.6) is 0 Å². The molecule has 2 heterocycles. The standard InChI is InChI=1S/C22H33N3O2/c1-18-5-7-20(8-6-18)22(27)25-15-9-19(10-16-25)17-21(26)23-11-4-14-24-12-2-3-13-24/h5-8,19H,2-4,9-17H2,1H3,(H,23,26). The van der Waals surface area contributed by atoms with Gasteiger partial charge in [-0.05, 0) is 76.7 Å². The summed E-state index contributed by atoms with van der Waals surface area (Å²) < 4.78 is 0. The first-order chi connectivity index (χ1) is 13.1. The van der Waals surface area contributed by atoms with Gasteiger partial charge in [0.15, 0.2) is 0 Å². The topological polar surface area (TPSA) is 52.7 Å². The summed E-state index contributed by atoms with van der Waals surface area (Å²) in [6.45, 7) is 7.83. The normalized spacial score (nSPS) is 18.6. The van der Waals surface area contributed by atoms with Gasteiger partial charge in [-0.1, -0.05) is 17.7 Å². The fourth-order valence-corrected chi connectivity index (χ4v) is 4.09. The number of likely N-dealkylation sites (tertiary alicyclic amines) is 2. The minimum Gasteiger partial charge on any atom is -0.356 e. The molecule has 2 fully saturated rings. The van der Waals surface area contributed by atoms with Gasteiger partial charge >= 0.3 is 0 Å². The van der Waals surface area contributed by atoms with Gasteiger partial charge in [0.25, 0.3) is 5.91 Å². The number of piperidine rings is 1. The Balaban J connectivity index is 1.32. The van der Waals surface area contributed by atoms with Gasteiger partial charge < -0.3 is 15.1 Å². The van der Waals surface area contributed by atoms with E-state index >= 15 is 0 Å². The van der Waals surface area contributed by atoms with Crippen LogP contribution in [0, 0.1) is 12.8 Å². The van der Waals surface area contributed by atoms with E-state index in [-0.39, 0.29) is 11.8 Å². The van der Waals surface area contributed by atoms with Crippen LogP contribution in [0.3, 0.4) is 0 Å². The molecule has 5 heteroatoms. The first-order valence-electron chi connectivity index (χ1n) is 10.5. The summed E-state index contributed by atoms with van der Waals surface area (Å²) >= 11 is 0. The average molecular weight is 372 g/mol. The van der Waals surface area contributed by atoms with Gasteiger partial charge in [0, 0.05) is 31.6 Å². The maximum atomic E-state index is 12.6. The molecular weight excluding hydrogens is 338 g/mol. The van der Waals surface area contributed by atoms with Crippen molar-refractivity contribution >= 4 is 11.8 Å². The highest BCUT2D eigenvalue weighted by atomic mass is 16.2. The molecule has 0 aromatic heterocycles. The predicted molar refractivity (Wildman–Crippen MR) is 108 cm³/mol. The predicted octanol–water partition coefficient (Wildman–Crippen LogP) is 2.84. The van der Waals surface area contributed by atoms with E-state index in [1.807, 2.05) is 36.1 Å². The number of nitrogens with one attached hydrogen (secondary N) is 1. The maximum absolute atomic E-state index is 12.6. The Morgan fingerprint density at radius 3 is 2.37 bits per heavy atom. The highest BCUT2D eigenvalue weighted by molar-refractivity contribution is 5.94. The molecule has 1 aromatic carbocycles. The number of amides is 2. The summed E-state index contributed by atoms with van der Waals surface area (Å²) in [6, 6.07) is 7.76. The Morgan fingerprint density at radius 2 is 1.70 bits per heavy atom. The van der Waals surface area contributed by atoms with Crippen molar-refractivity contribution in [1.82, 2.24) is 15.1 Å². The van der Waals surface area contributed by atoms with E-state index in [0.717, 1.165) is 56.6 Å². The van der Waals surface area contributed by atoms with Crippen LogP contribution >= 0.6 is 0 Å². The fraction of sp³-hybridized carbons (Fsp3) is 0.636. The van der Waals surface area contributed by atoms with Crippen molar-refractivity contribution in [3.63, 3.8) is 0 Å². The van der Waals surface area contributed by atoms with Crippen LogP contribution in [0.2, 0.25) is 0 Å². The average Bonchev–Trinajstić information content (AvgIpc) is 3.19. The first-order valence-corrected chi connectivity index (χ1v) is 10.5. The zero-order valence-electron chi connectivity index (χ0n) is 16.6. The number of carbonyl (C=O) groups excluding carboxylic acids is 2. The summed E-state index contributed by atoms with van der Waals surface area (Å²) in [5.74, 6) is 0.671. The number of aryl methyl sites for hydroxylation is 1. The van der Waals surface area contributed by atoms with E-state index in [1.165, 1.54) is 25.9 Å². The number of rotatable bonds is 7. The molecule has 0 spiro atoms. The van der Waals surface area contributed by atoms with Crippen LogP contribution in [0.1, 0.15) is 54.4 Å². The van der Waals surface area contributed by atoms with Gasteiger partial charge in [0.05, 0.1) is 0 Å². The molecule has 2 saturated heterocycles. The van der Waals surface area contributed by atoms with Crippen LogP contribution < -0.4 is 5.32 Å². The first kappa shape index (κ1) is 19.9. The second kappa shape index (κ2) is 9.88. The number of carbonyl (C=O) groups is 2. The Labute approximate surface area is 163 Å². The number of nitrogens with zero attached hydrogens (tertiary/aromatic N) is 2. The van der Waals surface area contributed by atoms with E-state index in [0.29, 0.717) is 12.3 Å². The molecule has 3 rings (SSSR count). The van der Waals surface area contributed by atoms with Crippen LogP contribution in [0.4, 0.5) is 0 Å². The van der Waals surface area contributed by atoms with Gasteiger partial charge in [0.2, 0.25) is 5.91 Å². The fourth-order valence-electron chi connectivity index (χ4n) is 4.09. The lowest BCUT2D eigenvalue weighted by atomic mass is 9.93. The number of hydrogen-bond donors (Lipinski definition) is 1. The molecule has 0 aliphatic carbocycles. The number of hydrogen-bond acceptors (Lipinski definition) is 3. The van der Waals surface area contributed by atoms with Gasteiger partial charge in [-0.25, -0.2) is 0 Å². The molecule has 1 N–H and O–H groups in total. The monoisotopic (exact) mass is 371 g/mol. The van der Waals surface area contributed by atoms with E-state index in [1.54, 1.807) is 0 Å². The third-order valence-electron chi connectivity index (χ3n) is 5.85. The highest BCUT2D eigenvalue weighted by Gasteiger charge is 2.25. The van der Waals surface area contributed by atoms with Gasteiger partial charge in [0.1, 0.15) is 0 Å². The zero-order valence-corrected chi connectivity index (χ0v) is 16.6. The van der Waals surface area contributed by atoms with Crippen LogP contribution in [0.25, 0.3) is 0 Å². The Hall–Kier alpha value is -1.88. The molecule has 0 atom stereocenters. The summed E-state index contributed by atoms with van der Waals surface area (Å²) in [5.41, 5.74) is 1.92. The molecule has 0 saturated carbocycles. The Kier molecular flexibility index (Phi) is 7.27. The second-order valence-electron chi connectivity index (χ2n) is 8.06. The minimum atomic E-state index is 0.111. The van der Waals surface area contributed by atoms with E-state index in [4.69, 9.17) is 0 Å². The molecule has 2 amide bonds. The smallest absolute Gasteiger partial charge is 0.253 e. The lowest BCUT2D eigenvalue weighted by Gasteiger charge is -2.32. The summed E-state index contributed by atoms with van der Waals surface area (Å²) in [6.07, 6.45) is 6.10. The SMILES string of the molecule is Cc1ccc(C(=O)N2CCC(CC(=O)NCCCN3CCCC3)CC2)cc1. The van der Waals surface area contributed by atoms with Gasteiger partial charge in [-0.2, -0.15) is 0 Å². The van der Waals surface area contributed by atoms with Gasteiger partial charge in [-0.15, -0.1) is 0 Å². The molecule has 2 aliphatic heterocycles. The zero-order chi connectivity index (χ0) is 19.1. The van der Waals surface area contributed by atoms with Crippen molar-refractivity contribution < 1.29 is 9.59 Å². The van der Waals surface area contributed by atoms with Crippen molar-refractivity contribution in [2.45, 2.75) is 45.4 Å². The molecule has 0 bridgehead atoms. The quantitative estimate of drug-likeness (QED) is 0.750. The summed E-state index contributed by atoms with van der Waals surface area (Å²) in [5, 5.41) is 3.07. The number of benzene rings is 1.